The Hall–Kier alpha value is -0.620. The first-order valence-electron chi connectivity index (χ1n) is 9.03. The number of carbonyl (C=O) groups is 1. The van der Waals surface area contributed by atoms with Crippen LogP contribution in [-0.4, -0.2) is 69.3 Å². The Bertz CT molecular complexity index is 417. The van der Waals surface area contributed by atoms with E-state index in [2.05, 4.69) is 10.2 Å². The van der Waals surface area contributed by atoms with Crippen molar-refractivity contribution in [2.24, 2.45) is 0 Å². The molecular weight excluding hydrogens is 310 g/mol. The molecule has 2 aliphatic heterocycles. The molecule has 2 rings (SSSR count). The summed E-state index contributed by atoms with van der Waals surface area (Å²) in [5.74, 6) is 0.527. The molecule has 0 aromatic carbocycles. The first-order chi connectivity index (χ1) is 10.9. The average molecular weight is 344 g/mol. The van der Waals surface area contributed by atoms with E-state index in [1.807, 2.05) is 25.7 Å². The van der Waals surface area contributed by atoms with Gasteiger partial charge in [0.05, 0.1) is 0 Å². The molecule has 2 saturated heterocycles. The monoisotopic (exact) mass is 343 g/mol. The number of nitrogens with zero attached hydrogens (tertiary/aromatic N) is 2. The van der Waals surface area contributed by atoms with Gasteiger partial charge in [0.15, 0.2) is 0 Å². The highest BCUT2D eigenvalue weighted by atomic mass is 32.2. The molecule has 5 nitrogen and oxygen atoms in total. The van der Waals surface area contributed by atoms with E-state index in [4.69, 9.17) is 0 Å². The van der Waals surface area contributed by atoms with Crippen molar-refractivity contribution in [1.29, 1.82) is 0 Å². The second-order valence-electron chi connectivity index (χ2n) is 7.71. The second kappa shape index (κ2) is 8.47. The number of amides is 2. The quantitative estimate of drug-likeness (QED) is 0.851. The van der Waals surface area contributed by atoms with Crippen molar-refractivity contribution in [3.8, 4) is 0 Å². The Labute approximate surface area is 143 Å². The van der Waals surface area contributed by atoms with Gasteiger partial charge in [0.2, 0.25) is 0 Å². The predicted octanol–water partition coefficient (Wildman–Crippen LogP) is 2.19. The lowest BCUT2D eigenvalue weighted by molar-refractivity contribution is 0.194. The molecule has 23 heavy (non-hydrogen) atoms. The molecule has 0 aromatic rings. The van der Waals surface area contributed by atoms with Gasteiger partial charge in [-0.05, 0) is 66.0 Å². The van der Waals surface area contributed by atoms with Gasteiger partial charge < -0.3 is 15.1 Å². The number of hydrogen-bond donors (Lipinski definition) is 1. The van der Waals surface area contributed by atoms with E-state index < -0.39 is 10.8 Å². The fourth-order valence-corrected chi connectivity index (χ4v) is 4.32. The molecular formula is C17H33N3O2S. The largest absolute Gasteiger partial charge is 0.337 e. The Morgan fingerprint density at radius 1 is 1.09 bits per heavy atom. The van der Waals surface area contributed by atoms with Crippen LogP contribution in [0.15, 0.2) is 0 Å². The van der Waals surface area contributed by atoms with Crippen molar-refractivity contribution < 1.29 is 9.00 Å². The zero-order valence-electron chi connectivity index (χ0n) is 15.0. The first-order valence-corrected chi connectivity index (χ1v) is 10.3. The van der Waals surface area contributed by atoms with Crippen molar-refractivity contribution in [2.75, 3.05) is 38.5 Å². The Kier molecular flexibility index (Phi) is 6.89. The summed E-state index contributed by atoms with van der Waals surface area (Å²) in [6.45, 7) is 10.6. The molecule has 0 radical (unpaired) electrons. The number of nitrogens with one attached hydrogen (secondary N) is 1. The highest BCUT2D eigenvalue weighted by molar-refractivity contribution is 7.86. The highest BCUT2D eigenvalue weighted by Crippen LogP contribution is 2.21. The molecule has 1 N–H and O–H groups in total. The minimum absolute atomic E-state index is 0.0120. The number of rotatable bonds is 4. The maximum Gasteiger partial charge on any atom is 0.317 e. The molecule has 2 atom stereocenters. The summed E-state index contributed by atoms with van der Waals surface area (Å²) < 4.78 is 11.8. The molecule has 0 spiro atoms. The summed E-state index contributed by atoms with van der Waals surface area (Å²) in [7, 11) is -0.910. The van der Waals surface area contributed by atoms with Gasteiger partial charge in [0, 0.05) is 47.0 Å². The molecule has 2 amide bonds. The standard InChI is InChI=1S/C17H33N3O2S/c1-17(2,3)23(22)14-9-18-16(21)20-12-6-7-15(8-13-20)19-10-4-5-11-19/h15H,4-14H2,1-3H3,(H,18,21)/t15-,23-/m1/s1. The third kappa shape index (κ3) is 5.75. The Morgan fingerprint density at radius 3 is 2.43 bits per heavy atom. The number of urea groups is 1. The predicted molar refractivity (Wildman–Crippen MR) is 96.2 cm³/mol. The second-order valence-corrected chi connectivity index (χ2v) is 10.0. The SMILES string of the molecule is CC(C)(C)[S@](=O)CCNC(=O)N1CCC[C@@H](N2CCCC2)CC1. The van der Waals surface area contributed by atoms with Crippen LogP contribution in [0.3, 0.4) is 0 Å². The third-order valence-electron chi connectivity index (χ3n) is 4.89. The van der Waals surface area contributed by atoms with Gasteiger partial charge >= 0.3 is 6.03 Å². The van der Waals surface area contributed by atoms with Gasteiger partial charge in [-0.25, -0.2) is 4.79 Å². The minimum Gasteiger partial charge on any atom is -0.337 e. The van der Waals surface area contributed by atoms with Gasteiger partial charge in [-0.2, -0.15) is 0 Å². The zero-order valence-corrected chi connectivity index (χ0v) is 15.8. The number of carbonyl (C=O) groups excluding carboxylic acids is 1. The van der Waals surface area contributed by atoms with Crippen LogP contribution in [0.25, 0.3) is 0 Å². The molecule has 2 aliphatic rings. The maximum atomic E-state index is 12.3. The van der Waals surface area contributed by atoms with Crippen LogP contribution >= 0.6 is 0 Å². The van der Waals surface area contributed by atoms with E-state index in [1.165, 1.54) is 32.4 Å². The van der Waals surface area contributed by atoms with Gasteiger partial charge in [-0.1, -0.05) is 0 Å². The van der Waals surface area contributed by atoms with Crippen LogP contribution < -0.4 is 5.32 Å². The van der Waals surface area contributed by atoms with Crippen LogP contribution in [0, 0.1) is 0 Å². The van der Waals surface area contributed by atoms with Crippen molar-refractivity contribution in [3.05, 3.63) is 0 Å². The summed E-state index contributed by atoms with van der Waals surface area (Å²) >= 11 is 0. The summed E-state index contributed by atoms with van der Waals surface area (Å²) in [6.07, 6.45) is 6.03. The van der Waals surface area contributed by atoms with Crippen molar-refractivity contribution in [1.82, 2.24) is 15.1 Å². The van der Waals surface area contributed by atoms with Gasteiger partial charge in [-0.15, -0.1) is 0 Å². The topological polar surface area (TPSA) is 52.7 Å². The smallest absolute Gasteiger partial charge is 0.317 e. The van der Waals surface area contributed by atoms with Crippen LogP contribution in [0.4, 0.5) is 4.79 Å². The lowest BCUT2D eigenvalue weighted by Gasteiger charge is -2.26. The lowest BCUT2D eigenvalue weighted by Crippen LogP contribution is -2.43. The van der Waals surface area contributed by atoms with Crippen LogP contribution in [-0.2, 0) is 10.8 Å². The van der Waals surface area contributed by atoms with E-state index in [9.17, 15) is 9.00 Å². The van der Waals surface area contributed by atoms with E-state index in [0.29, 0.717) is 18.3 Å². The van der Waals surface area contributed by atoms with E-state index in [-0.39, 0.29) is 10.8 Å². The van der Waals surface area contributed by atoms with Crippen LogP contribution in [0.1, 0.15) is 52.9 Å². The molecule has 0 unspecified atom stereocenters. The normalized spacial score (nSPS) is 25.2. The van der Waals surface area contributed by atoms with Gasteiger partial charge in [0.1, 0.15) is 0 Å². The third-order valence-corrected chi connectivity index (χ3v) is 6.83. The molecule has 0 aliphatic carbocycles. The molecule has 134 valence electrons. The molecule has 2 heterocycles. The van der Waals surface area contributed by atoms with Crippen molar-refractivity contribution in [2.45, 2.75) is 63.7 Å². The minimum atomic E-state index is -0.910. The van der Waals surface area contributed by atoms with E-state index in [0.717, 1.165) is 25.9 Å². The Balaban J connectivity index is 1.71. The molecule has 0 aromatic heterocycles. The molecule has 0 bridgehead atoms. The fourth-order valence-electron chi connectivity index (χ4n) is 3.42. The average Bonchev–Trinajstić information content (AvgIpc) is 2.90. The summed E-state index contributed by atoms with van der Waals surface area (Å²) in [5.41, 5.74) is 0. The maximum absolute atomic E-state index is 12.3. The van der Waals surface area contributed by atoms with Crippen LogP contribution in [0.2, 0.25) is 0 Å². The van der Waals surface area contributed by atoms with Crippen molar-refractivity contribution in [3.63, 3.8) is 0 Å². The summed E-state index contributed by atoms with van der Waals surface area (Å²) in [4.78, 5) is 16.9. The summed E-state index contributed by atoms with van der Waals surface area (Å²) in [5, 5.41) is 2.95. The lowest BCUT2D eigenvalue weighted by atomic mass is 10.1. The van der Waals surface area contributed by atoms with Gasteiger partial charge in [-0.3, -0.25) is 4.21 Å². The van der Waals surface area contributed by atoms with E-state index in [1.54, 1.807) is 0 Å². The fraction of sp³-hybridized carbons (Fsp3) is 0.941. The van der Waals surface area contributed by atoms with Gasteiger partial charge in [0.25, 0.3) is 0 Å². The summed E-state index contributed by atoms with van der Waals surface area (Å²) in [6, 6.07) is 0.668. The highest BCUT2D eigenvalue weighted by Gasteiger charge is 2.26. The van der Waals surface area contributed by atoms with Crippen molar-refractivity contribution >= 4 is 16.8 Å². The molecule has 0 saturated carbocycles. The zero-order chi connectivity index (χ0) is 16.9. The Morgan fingerprint density at radius 2 is 1.78 bits per heavy atom. The first kappa shape index (κ1) is 18.7. The van der Waals surface area contributed by atoms with E-state index >= 15 is 0 Å². The molecule has 6 heteroatoms. The molecule has 2 fully saturated rings. The van der Waals surface area contributed by atoms with Crippen LogP contribution in [0.5, 0.6) is 0 Å². The number of hydrogen-bond acceptors (Lipinski definition) is 3. The number of likely N-dealkylation sites (tertiary alicyclic amines) is 2.